The van der Waals surface area contributed by atoms with Gasteiger partial charge in [-0.3, -0.25) is 0 Å². The van der Waals surface area contributed by atoms with Crippen molar-refractivity contribution in [3.63, 3.8) is 0 Å². The first-order chi connectivity index (χ1) is 8.25. The summed E-state index contributed by atoms with van der Waals surface area (Å²) >= 11 is 0. The van der Waals surface area contributed by atoms with Crippen LogP contribution in [0.4, 0.5) is 17.3 Å². The zero-order valence-electron chi connectivity index (χ0n) is 12.5. The van der Waals surface area contributed by atoms with Crippen LogP contribution >= 0.6 is 7.94 Å². The molecule has 0 spiro atoms. The van der Waals surface area contributed by atoms with E-state index in [1.807, 2.05) is 48.2 Å². The van der Waals surface area contributed by atoms with Crippen LogP contribution in [-0.4, -0.2) is 32.2 Å². The molecule has 0 saturated heterocycles. The third-order valence-electron chi connectivity index (χ3n) is 1.21. The molecule has 0 aliphatic heterocycles. The van der Waals surface area contributed by atoms with Crippen LogP contribution in [0.25, 0.3) is 0 Å². The van der Waals surface area contributed by atoms with E-state index in [0.29, 0.717) is 0 Å². The fourth-order valence-corrected chi connectivity index (χ4v) is 3.67. The van der Waals surface area contributed by atoms with E-state index in [1.54, 1.807) is 0 Å². The Hall–Kier alpha value is 0.0949. The quantitative estimate of drug-likeness (QED) is 0.394. The van der Waals surface area contributed by atoms with Gasteiger partial charge in [0.2, 0.25) is 0 Å². The van der Waals surface area contributed by atoms with Gasteiger partial charge in [-0.15, -0.1) is 0 Å². The topological polar surface area (TPSA) is 27.7 Å². The molecule has 0 aromatic heterocycles. The Bertz CT molecular complexity index is 205. The second-order valence-corrected chi connectivity index (χ2v) is 6.90. The van der Waals surface area contributed by atoms with E-state index in [0.717, 1.165) is 0 Å². The van der Waals surface area contributed by atoms with Gasteiger partial charge in [0, 0.05) is 0 Å². The minimum atomic E-state index is -6.00. The summed E-state index contributed by atoms with van der Waals surface area (Å²) in [5, 5.41) is 0. The van der Waals surface area contributed by atoms with Crippen molar-refractivity contribution >= 4 is 15.2 Å². The highest BCUT2D eigenvalue weighted by Crippen LogP contribution is 2.61. The summed E-state index contributed by atoms with van der Waals surface area (Å²) in [6.07, 6.45) is 0.391. The fourth-order valence-electron chi connectivity index (χ4n) is 1.22. The average Bonchev–Trinajstić information content (AvgIpc) is 1.91. The molecule has 0 aromatic rings. The summed E-state index contributed by atoms with van der Waals surface area (Å²) in [7, 11) is -8.14. The lowest BCUT2D eigenvalue weighted by Crippen LogP contribution is -2.17. The van der Waals surface area contributed by atoms with E-state index >= 15 is 0 Å². The SMILES string of the molecule is CC(C)O[P+](C)(OC(C)C)OC(C)C.F[B-](F)(F)F. The highest BCUT2D eigenvalue weighted by molar-refractivity contribution is 7.60. The van der Waals surface area contributed by atoms with Gasteiger partial charge in [-0.25, -0.2) is 0 Å². The van der Waals surface area contributed by atoms with Crippen LogP contribution in [0.3, 0.4) is 0 Å². The van der Waals surface area contributed by atoms with Gasteiger partial charge in [0.15, 0.2) is 0 Å². The second kappa shape index (κ2) is 9.11. The molecule has 0 aliphatic rings. The molecular formula is C10H24BF4O3P. The van der Waals surface area contributed by atoms with E-state index < -0.39 is 15.2 Å². The molecule has 0 unspecified atom stereocenters. The van der Waals surface area contributed by atoms with Crippen LogP contribution < -0.4 is 0 Å². The summed E-state index contributed by atoms with van der Waals surface area (Å²) in [6, 6.07) is 0. The zero-order valence-corrected chi connectivity index (χ0v) is 13.4. The number of hydrogen-bond acceptors (Lipinski definition) is 3. The molecule has 0 amide bonds. The maximum absolute atomic E-state index is 9.75. The Labute approximate surface area is 113 Å². The molecule has 0 atom stereocenters. The van der Waals surface area contributed by atoms with Crippen LogP contribution in [0.5, 0.6) is 0 Å². The lowest BCUT2D eigenvalue weighted by atomic mass is 10.3. The lowest BCUT2D eigenvalue weighted by molar-refractivity contribution is 0.0775. The van der Waals surface area contributed by atoms with Crippen molar-refractivity contribution in [3.05, 3.63) is 0 Å². The van der Waals surface area contributed by atoms with Gasteiger partial charge >= 0.3 is 15.2 Å². The molecule has 19 heavy (non-hydrogen) atoms. The Morgan fingerprint density at radius 3 is 0.947 bits per heavy atom. The van der Waals surface area contributed by atoms with E-state index in [9.17, 15) is 17.3 Å². The van der Waals surface area contributed by atoms with Gasteiger partial charge in [-0.1, -0.05) is 0 Å². The molecule has 0 fully saturated rings. The summed E-state index contributed by atoms with van der Waals surface area (Å²) < 4.78 is 56.2. The third-order valence-corrected chi connectivity index (χ3v) is 3.62. The molecule has 118 valence electrons. The largest absolute Gasteiger partial charge is 0.673 e. The number of rotatable bonds is 6. The molecule has 0 bridgehead atoms. The Kier molecular flexibility index (Phi) is 10.3. The predicted octanol–water partition coefficient (Wildman–Crippen LogP) is 4.95. The maximum atomic E-state index is 9.75. The van der Waals surface area contributed by atoms with E-state index in [1.165, 1.54) is 0 Å². The van der Waals surface area contributed by atoms with Crippen LogP contribution in [0.1, 0.15) is 41.5 Å². The summed E-state index contributed by atoms with van der Waals surface area (Å²) in [4.78, 5) is 0. The molecular weight excluding hydrogens is 286 g/mol. The fraction of sp³-hybridized carbons (Fsp3) is 1.00. The Morgan fingerprint density at radius 1 is 0.684 bits per heavy atom. The van der Waals surface area contributed by atoms with Gasteiger partial charge in [-0.05, 0) is 41.5 Å². The van der Waals surface area contributed by atoms with Crippen molar-refractivity contribution in [3.8, 4) is 0 Å². The Balaban J connectivity index is 0. The molecule has 0 saturated carbocycles. The van der Waals surface area contributed by atoms with Gasteiger partial charge in [-0.2, -0.15) is 13.6 Å². The minimum Gasteiger partial charge on any atom is -0.418 e. The second-order valence-electron chi connectivity index (χ2n) is 4.73. The smallest absolute Gasteiger partial charge is 0.418 e. The van der Waals surface area contributed by atoms with Crippen molar-refractivity contribution in [2.75, 3.05) is 6.66 Å². The molecule has 0 N–H and O–H groups in total. The lowest BCUT2D eigenvalue weighted by Gasteiger charge is -2.23. The van der Waals surface area contributed by atoms with Crippen molar-refractivity contribution in [1.29, 1.82) is 0 Å². The van der Waals surface area contributed by atoms with Crippen molar-refractivity contribution < 1.29 is 30.8 Å². The number of halogens is 4. The van der Waals surface area contributed by atoms with Crippen LogP contribution in [0, 0.1) is 0 Å². The summed E-state index contributed by atoms with van der Waals surface area (Å²) in [6.45, 7) is 13.9. The Morgan fingerprint density at radius 2 is 0.842 bits per heavy atom. The summed E-state index contributed by atoms with van der Waals surface area (Å²) in [5.74, 6) is 0. The first-order valence-electron chi connectivity index (χ1n) is 6.04. The van der Waals surface area contributed by atoms with Gasteiger partial charge in [0.1, 0.15) is 25.0 Å². The third kappa shape index (κ3) is 20.6. The highest BCUT2D eigenvalue weighted by atomic mass is 31.2. The normalized spacial score (nSPS) is 12.9. The average molecular weight is 310 g/mol. The highest BCUT2D eigenvalue weighted by Gasteiger charge is 2.42. The van der Waals surface area contributed by atoms with E-state index in [4.69, 9.17) is 13.6 Å². The van der Waals surface area contributed by atoms with Crippen molar-refractivity contribution in [1.82, 2.24) is 0 Å². The first kappa shape index (κ1) is 21.4. The minimum absolute atomic E-state index is 0.130. The van der Waals surface area contributed by atoms with Crippen LogP contribution in [0.15, 0.2) is 0 Å². The molecule has 9 heteroatoms. The first-order valence-corrected chi connectivity index (χ1v) is 8.03. The summed E-state index contributed by atoms with van der Waals surface area (Å²) in [5.41, 5.74) is 0. The van der Waals surface area contributed by atoms with Crippen LogP contribution in [0.2, 0.25) is 0 Å². The van der Waals surface area contributed by atoms with E-state index in [2.05, 4.69) is 0 Å². The molecule has 0 heterocycles. The van der Waals surface area contributed by atoms with Crippen molar-refractivity contribution in [2.45, 2.75) is 59.9 Å². The van der Waals surface area contributed by atoms with Crippen molar-refractivity contribution in [2.24, 2.45) is 0 Å². The standard InChI is InChI=1S/C10H24O3P.BF4/c1-8(2)11-14(7,12-9(3)4)13-10(5)6;2-1(3,4)5/h8-10H,1-7H3;/q+1;-1. The van der Waals surface area contributed by atoms with E-state index in [-0.39, 0.29) is 18.3 Å². The van der Waals surface area contributed by atoms with Gasteiger partial charge in [0.25, 0.3) is 0 Å². The zero-order chi connectivity index (χ0) is 15.9. The molecule has 0 rings (SSSR count). The maximum Gasteiger partial charge on any atom is 0.673 e. The number of hydrogen-bond donors (Lipinski definition) is 0. The monoisotopic (exact) mass is 310 g/mol. The molecule has 0 aromatic carbocycles. The van der Waals surface area contributed by atoms with Gasteiger partial charge in [0.05, 0.1) is 0 Å². The molecule has 3 nitrogen and oxygen atoms in total. The van der Waals surface area contributed by atoms with Gasteiger partial charge < -0.3 is 17.3 Å². The molecule has 0 aliphatic carbocycles. The molecule has 0 radical (unpaired) electrons. The van der Waals surface area contributed by atoms with Crippen LogP contribution in [-0.2, 0) is 13.6 Å². The predicted molar refractivity (Wildman–Crippen MR) is 71.7 cm³/mol.